The first kappa shape index (κ1) is 14.7. The van der Waals surface area contributed by atoms with Crippen LogP contribution in [0.3, 0.4) is 0 Å². The second kappa shape index (κ2) is 5.97. The van der Waals surface area contributed by atoms with Gasteiger partial charge in [0.15, 0.2) is 6.10 Å². The summed E-state index contributed by atoms with van der Waals surface area (Å²) < 4.78 is 6.98. The van der Waals surface area contributed by atoms with Gasteiger partial charge in [0, 0.05) is 18.8 Å². The number of aliphatic hydroxyl groups excluding tert-OH is 1. The number of aliphatic carboxylic acids is 1. The summed E-state index contributed by atoms with van der Waals surface area (Å²) in [4.78, 5) is 11.3. The summed E-state index contributed by atoms with van der Waals surface area (Å²) in [5, 5.41) is 22.8. The van der Waals surface area contributed by atoms with E-state index in [9.17, 15) is 15.0 Å². The minimum Gasteiger partial charge on any atom is -0.479 e. The van der Waals surface area contributed by atoms with Gasteiger partial charge < -0.3 is 14.9 Å². The van der Waals surface area contributed by atoms with Gasteiger partial charge in [-0.3, -0.25) is 4.68 Å². The highest BCUT2D eigenvalue weighted by molar-refractivity contribution is 5.74. The molecule has 3 atom stereocenters. The van der Waals surface area contributed by atoms with Crippen molar-refractivity contribution < 1.29 is 19.7 Å². The van der Waals surface area contributed by atoms with Crippen LogP contribution >= 0.6 is 0 Å². The first-order chi connectivity index (χ1) is 8.36. The zero-order valence-electron chi connectivity index (χ0n) is 11.1. The molecule has 6 heteroatoms. The molecule has 0 aliphatic rings. The lowest BCUT2D eigenvalue weighted by molar-refractivity contribution is -0.158. The van der Waals surface area contributed by atoms with Gasteiger partial charge in [0.2, 0.25) is 0 Å². The molecule has 0 saturated carbocycles. The zero-order chi connectivity index (χ0) is 13.9. The molecule has 0 radical (unpaired) electrons. The predicted octanol–water partition coefficient (Wildman–Crippen LogP) is 0.894. The average molecular weight is 256 g/mol. The summed E-state index contributed by atoms with van der Waals surface area (Å²) in [6, 6.07) is 0. The van der Waals surface area contributed by atoms with Crippen molar-refractivity contribution in [2.75, 3.05) is 0 Å². The molecule has 102 valence electrons. The van der Waals surface area contributed by atoms with E-state index in [1.165, 1.54) is 0 Å². The number of hydrogen-bond acceptors (Lipinski definition) is 4. The van der Waals surface area contributed by atoms with E-state index in [0.29, 0.717) is 17.7 Å². The maximum Gasteiger partial charge on any atom is 0.337 e. The monoisotopic (exact) mass is 256 g/mol. The molecule has 6 nitrogen and oxygen atoms in total. The lowest BCUT2D eigenvalue weighted by atomic mass is 10.1. The molecule has 1 rings (SSSR count). The minimum absolute atomic E-state index is 0.542. The van der Waals surface area contributed by atoms with Crippen molar-refractivity contribution in [1.82, 2.24) is 9.78 Å². The molecule has 0 amide bonds. The van der Waals surface area contributed by atoms with Crippen LogP contribution in [0.5, 0.6) is 0 Å². The summed E-state index contributed by atoms with van der Waals surface area (Å²) in [6.45, 7) is 5.11. The van der Waals surface area contributed by atoms with Gasteiger partial charge in [-0.05, 0) is 20.3 Å². The van der Waals surface area contributed by atoms with Gasteiger partial charge in [0.25, 0.3) is 0 Å². The van der Waals surface area contributed by atoms with Crippen molar-refractivity contribution >= 4 is 5.97 Å². The van der Waals surface area contributed by atoms with Gasteiger partial charge in [0.05, 0.1) is 17.9 Å². The maximum absolute atomic E-state index is 11.3. The molecule has 0 aliphatic heterocycles. The van der Waals surface area contributed by atoms with Crippen LogP contribution in [0.15, 0.2) is 6.20 Å². The topological polar surface area (TPSA) is 84.6 Å². The van der Waals surface area contributed by atoms with Crippen LogP contribution in [0.1, 0.15) is 38.1 Å². The van der Waals surface area contributed by atoms with Gasteiger partial charge in [0.1, 0.15) is 0 Å². The molecule has 0 spiro atoms. The standard InChI is InChI=1S/C12H20N2O4/c1-5-10-9(6-14(4)13-10)11(12(16)17)18-8(3)7(2)15/h6-8,11,15H,5H2,1-4H3,(H,16,17). The van der Waals surface area contributed by atoms with E-state index in [2.05, 4.69) is 5.10 Å². The number of carbonyl (C=O) groups is 1. The van der Waals surface area contributed by atoms with Gasteiger partial charge >= 0.3 is 5.97 Å². The Morgan fingerprint density at radius 1 is 1.56 bits per heavy atom. The molecule has 1 heterocycles. The fourth-order valence-corrected chi connectivity index (χ4v) is 1.64. The Hall–Kier alpha value is -1.40. The smallest absolute Gasteiger partial charge is 0.337 e. The first-order valence-electron chi connectivity index (χ1n) is 5.95. The van der Waals surface area contributed by atoms with Crippen LogP contribution in [0.25, 0.3) is 0 Å². The fourth-order valence-electron chi connectivity index (χ4n) is 1.64. The molecule has 0 saturated heterocycles. The average Bonchev–Trinajstić information content (AvgIpc) is 2.65. The molecule has 18 heavy (non-hydrogen) atoms. The summed E-state index contributed by atoms with van der Waals surface area (Å²) >= 11 is 0. The van der Waals surface area contributed by atoms with E-state index >= 15 is 0 Å². The Kier molecular flexibility index (Phi) is 4.86. The molecule has 3 unspecified atom stereocenters. The summed E-state index contributed by atoms with van der Waals surface area (Å²) in [5.74, 6) is -1.08. The molecular weight excluding hydrogens is 236 g/mol. The molecule has 0 aromatic carbocycles. The van der Waals surface area contributed by atoms with Crippen LogP contribution in [0, 0.1) is 0 Å². The second-order valence-corrected chi connectivity index (χ2v) is 4.36. The first-order valence-corrected chi connectivity index (χ1v) is 5.95. The fraction of sp³-hybridized carbons (Fsp3) is 0.667. The van der Waals surface area contributed by atoms with Gasteiger partial charge in [-0.1, -0.05) is 6.92 Å². The molecule has 0 aliphatic carbocycles. The number of aliphatic hydroxyl groups is 1. The summed E-state index contributed by atoms with van der Waals surface area (Å²) in [6.07, 6.45) is -0.110. The van der Waals surface area contributed by atoms with Crippen LogP contribution in [0.2, 0.25) is 0 Å². The summed E-state index contributed by atoms with van der Waals surface area (Å²) in [7, 11) is 1.74. The Labute approximate surface area is 106 Å². The van der Waals surface area contributed by atoms with E-state index in [4.69, 9.17) is 4.74 Å². The summed E-state index contributed by atoms with van der Waals surface area (Å²) in [5.41, 5.74) is 1.24. The minimum atomic E-state index is -1.10. The van der Waals surface area contributed by atoms with E-state index < -0.39 is 24.3 Å². The SMILES string of the molecule is CCc1nn(C)cc1C(OC(C)C(C)O)C(=O)O. The van der Waals surface area contributed by atoms with E-state index in [-0.39, 0.29) is 0 Å². The zero-order valence-corrected chi connectivity index (χ0v) is 11.1. The lowest BCUT2D eigenvalue weighted by Crippen LogP contribution is -2.28. The Balaban J connectivity index is 3.01. The highest BCUT2D eigenvalue weighted by Gasteiger charge is 2.28. The largest absolute Gasteiger partial charge is 0.479 e. The molecule has 0 fully saturated rings. The second-order valence-electron chi connectivity index (χ2n) is 4.36. The van der Waals surface area contributed by atoms with E-state index in [1.54, 1.807) is 31.8 Å². The third-order valence-electron chi connectivity index (χ3n) is 2.81. The highest BCUT2D eigenvalue weighted by Crippen LogP contribution is 2.24. The van der Waals surface area contributed by atoms with Gasteiger partial charge in [-0.15, -0.1) is 0 Å². The van der Waals surface area contributed by atoms with Crippen LogP contribution < -0.4 is 0 Å². The molecular formula is C12H20N2O4. The number of aryl methyl sites for hydroxylation is 2. The number of hydrogen-bond donors (Lipinski definition) is 2. The van der Waals surface area contributed by atoms with Crippen molar-refractivity contribution in [3.05, 3.63) is 17.5 Å². The maximum atomic E-state index is 11.3. The van der Waals surface area contributed by atoms with E-state index in [0.717, 1.165) is 0 Å². The quantitative estimate of drug-likeness (QED) is 0.789. The molecule has 1 aromatic heterocycles. The third-order valence-corrected chi connectivity index (χ3v) is 2.81. The van der Waals surface area contributed by atoms with Crippen LogP contribution in [0.4, 0.5) is 0 Å². The number of aromatic nitrogens is 2. The number of carboxylic acid groups (broad SMARTS) is 1. The Morgan fingerprint density at radius 2 is 2.17 bits per heavy atom. The highest BCUT2D eigenvalue weighted by atomic mass is 16.5. The van der Waals surface area contributed by atoms with Crippen molar-refractivity contribution in [2.24, 2.45) is 7.05 Å². The number of ether oxygens (including phenoxy) is 1. The lowest BCUT2D eigenvalue weighted by Gasteiger charge is -2.21. The van der Waals surface area contributed by atoms with Crippen molar-refractivity contribution in [3.63, 3.8) is 0 Å². The third kappa shape index (κ3) is 3.30. The van der Waals surface area contributed by atoms with Crippen molar-refractivity contribution in [3.8, 4) is 0 Å². The van der Waals surface area contributed by atoms with Crippen LogP contribution in [-0.2, 0) is 23.0 Å². The Bertz CT molecular complexity index is 414. The molecule has 2 N–H and O–H groups in total. The van der Waals surface area contributed by atoms with Crippen LogP contribution in [-0.4, -0.2) is 38.2 Å². The normalized spacial score (nSPS) is 16.3. The molecule has 1 aromatic rings. The molecule has 0 bridgehead atoms. The van der Waals surface area contributed by atoms with Gasteiger partial charge in [-0.25, -0.2) is 4.79 Å². The number of carboxylic acids is 1. The predicted molar refractivity (Wildman–Crippen MR) is 65.2 cm³/mol. The van der Waals surface area contributed by atoms with Crippen molar-refractivity contribution in [1.29, 1.82) is 0 Å². The Morgan fingerprint density at radius 3 is 2.61 bits per heavy atom. The van der Waals surface area contributed by atoms with Gasteiger partial charge in [-0.2, -0.15) is 5.10 Å². The van der Waals surface area contributed by atoms with E-state index in [1.807, 2.05) is 6.92 Å². The number of nitrogens with zero attached hydrogens (tertiary/aromatic N) is 2. The number of rotatable bonds is 6. The van der Waals surface area contributed by atoms with Crippen molar-refractivity contribution in [2.45, 2.75) is 45.5 Å².